The van der Waals surface area contributed by atoms with E-state index >= 15 is 0 Å². The van der Waals surface area contributed by atoms with Crippen molar-refractivity contribution in [3.8, 4) is 28.3 Å². The van der Waals surface area contributed by atoms with E-state index in [1.165, 1.54) is 66.4 Å². The van der Waals surface area contributed by atoms with Gasteiger partial charge >= 0.3 is 0 Å². The summed E-state index contributed by atoms with van der Waals surface area (Å²) in [6.07, 6.45) is 1.44. The fourth-order valence-corrected chi connectivity index (χ4v) is 4.20. The standard InChI is InChI=1S/C27H21BrF2N2O4/c1-3-36-24-12-13-32(19-8-5-17(29)6-9-19)27(34)25(24)26(33)31-18-7-10-20(22(30)15-18)16-4-11-23(35-2)21(28)14-16/h4-15H,3H2,1-2H3,(H,31,33). The smallest absolute Gasteiger partial charge is 0.271 e. The van der Waals surface area contributed by atoms with Gasteiger partial charge in [0.05, 0.1) is 18.2 Å². The van der Waals surface area contributed by atoms with Crippen LogP contribution in [0.15, 0.2) is 82.2 Å². The Hall–Kier alpha value is -3.98. The lowest BCUT2D eigenvalue weighted by molar-refractivity contribution is 0.102. The van der Waals surface area contributed by atoms with E-state index in [1.807, 2.05) is 0 Å². The minimum Gasteiger partial charge on any atom is -0.496 e. The summed E-state index contributed by atoms with van der Waals surface area (Å²) in [7, 11) is 1.54. The van der Waals surface area contributed by atoms with Crippen molar-refractivity contribution in [1.82, 2.24) is 4.57 Å². The van der Waals surface area contributed by atoms with Gasteiger partial charge in [0.2, 0.25) is 0 Å². The van der Waals surface area contributed by atoms with Crippen LogP contribution >= 0.6 is 15.9 Å². The number of ether oxygens (including phenoxy) is 2. The van der Waals surface area contributed by atoms with Gasteiger partial charge in [-0.3, -0.25) is 14.2 Å². The number of benzene rings is 3. The molecule has 184 valence electrons. The maximum absolute atomic E-state index is 15.0. The fraction of sp³-hybridized carbons (Fsp3) is 0.111. The second kappa shape index (κ2) is 10.7. The van der Waals surface area contributed by atoms with E-state index in [9.17, 15) is 18.4 Å². The molecule has 0 aliphatic rings. The molecule has 1 amide bonds. The molecule has 0 aliphatic carbocycles. The molecule has 3 aromatic carbocycles. The number of carbonyl (C=O) groups excluding carboxylic acids is 1. The summed E-state index contributed by atoms with van der Waals surface area (Å²) < 4.78 is 40.9. The van der Waals surface area contributed by atoms with Gasteiger partial charge in [0.15, 0.2) is 0 Å². The lowest BCUT2D eigenvalue weighted by Gasteiger charge is -2.14. The van der Waals surface area contributed by atoms with Crippen molar-refractivity contribution in [2.45, 2.75) is 6.92 Å². The largest absolute Gasteiger partial charge is 0.496 e. The molecule has 6 nitrogen and oxygen atoms in total. The number of carbonyl (C=O) groups is 1. The molecular formula is C27H21BrF2N2O4. The third kappa shape index (κ3) is 5.16. The number of hydrogen-bond donors (Lipinski definition) is 1. The van der Waals surface area contributed by atoms with Gasteiger partial charge in [0.1, 0.15) is 28.7 Å². The molecule has 0 unspecified atom stereocenters. The molecule has 0 fully saturated rings. The van der Waals surface area contributed by atoms with Crippen LogP contribution in [0.4, 0.5) is 14.5 Å². The van der Waals surface area contributed by atoms with E-state index in [0.717, 1.165) is 0 Å². The Morgan fingerprint density at radius 3 is 2.39 bits per heavy atom. The summed E-state index contributed by atoms with van der Waals surface area (Å²) in [4.78, 5) is 26.4. The number of aromatic nitrogens is 1. The molecule has 1 heterocycles. The zero-order chi connectivity index (χ0) is 25.8. The first-order valence-electron chi connectivity index (χ1n) is 10.9. The summed E-state index contributed by atoms with van der Waals surface area (Å²) in [6, 6.07) is 16.2. The Morgan fingerprint density at radius 2 is 1.75 bits per heavy atom. The number of pyridine rings is 1. The molecule has 4 aromatic rings. The molecule has 0 spiro atoms. The van der Waals surface area contributed by atoms with Gasteiger partial charge in [-0.15, -0.1) is 0 Å². The second-order valence-corrected chi connectivity index (χ2v) is 8.49. The topological polar surface area (TPSA) is 69.6 Å². The summed E-state index contributed by atoms with van der Waals surface area (Å²) in [5.41, 5.74) is 0.552. The summed E-state index contributed by atoms with van der Waals surface area (Å²) >= 11 is 3.39. The summed E-state index contributed by atoms with van der Waals surface area (Å²) in [6.45, 7) is 1.94. The quantitative estimate of drug-likeness (QED) is 0.295. The highest BCUT2D eigenvalue weighted by Gasteiger charge is 2.21. The van der Waals surface area contributed by atoms with Crippen molar-refractivity contribution in [2.24, 2.45) is 0 Å². The lowest BCUT2D eigenvalue weighted by Crippen LogP contribution is -2.29. The van der Waals surface area contributed by atoms with Crippen LogP contribution in [-0.2, 0) is 0 Å². The first-order valence-corrected chi connectivity index (χ1v) is 11.7. The van der Waals surface area contributed by atoms with E-state index < -0.39 is 23.1 Å². The van der Waals surface area contributed by atoms with Crippen LogP contribution < -0.4 is 20.3 Å². The molecule has 0 saturated carbocycles. The van der Waals surface area contributed by atoms with Gasteiger partial charge in [-0.2, -0.15) is 0 Å². The van der Waals surface area contributed by atoms with Gasteiger partial charge in [0.25, 0.3) is 11.5 Å². The molecule has 0 aliphatic heterocycles. The SMILES string of the molecule is CCOc1ccn(-c2ccc(F)cc2)c(=O)c1C(=O)Nc1ccc(-c2ccc(OC)c(Br)c2)c(F)c1. The molecule has 0 radical (unpaired) electrons. The Morgan fingerprint density at radius 1 is 1.00 bits per heavy atom. The Labute approximate surface area is 214 Å². The summed E-state index contributed by atoms with van der Waals surface area (Å²) in [5.74, 6) is -1.09. The number of anilines is 1. The second-order valence-electron chi connectivity index (χ2n) is 7.64. The van der Waals surface area contributed by atoms with Crippen molar-refractivity contribution in [3.05, 3.63) is 105 Å². The molecule has 36 heavy (non-hydrogen) atoms. The minimum atomic E-state index is -0.765. The van der Waals surface area contributed by atoms with Crippen LogP contribution in [0.2, 0.25) is 0 Å². The zero-order valence-corrected chi connectivity index (χ0v) is 20.9. The van der Waals surface area contributed by atoms with Crippen molar-refractivity contribution >= 4 is 27.5 Å². The first kappa shape index (κ1) is 25.1. The molecule has 0 bridgehead atoms. The average Bonchev–Trinajstić information content (AvgIpc) is 2.85. The molecule has 0 atom stereocenters. The number of methoxy groups -OCH3 is 1. The molecule has 0 saturated heterocycles. The van der Waals surface area contributed by atoms with Crippen LogP contribution in [0.3, 0.4) is 0 Å². The van der Waals surface area contributed by atoms with Crippen LogP contribution in [0.5, 0.6) is 11.5 Å². The van der Waals surface area contributed by atoms with Crippen molar-refractivity contribution in [3.63, 3.8) is 0 Å². The zero-order valence-electron chi connectivity index (χ0n) is 19.3. The third-order valence-electron chi connectivity index (χ3n) is 5.38. The highest BCUT2D eigenvalue weighted by atomic mass is 79.9. The van der Waals surface area contributed by atoms with Gasteiger partial charge in [0, 0.05) is 23.1 Å². The van der Waals surface area contributed by atoms with Crippen molar-refractivity contribution in [1.29, 1.82) is 0 Å². The predicted octanol–water partition coefficient (Wildman–Crippen LogP) is 6.20. The highest BCUT2D eigenvalue weighted by Crippen LogP contribution is 2.32. The van der Waals surface area contributed by atoms with Crippen LogP contribution in [-0.4, -0.2) is 24.2 Å². The highest BCUT2D eigenvalue weighted by molar-refractivity contribution is 9.10. The Kier molecular flexibility index (Phi) is 7.49. The van der Waals surface area contributed by atoms with E-state index in [1.54, 1.807) is 25.1 Å². The number of rotatable bonds is 7. The number of amides is 1. The van der Waals surface area contributed by atoms with Crippen LogP contribution in [0.25, 0.3) is 16.8 Å². The van der Waals surface area contributed by atoms with Gasteiger partial charge < -0.3 is 14.8 Å². The molecule has 9 heteroatoms. The van der Waals surface area contributed by atoms with E-state index in [0.29, 0.717) is 27.0 Å². The lowest BCUT2D eigenvalue weighted by atomic mass is 10.0. The van der Waals surface area contributed by atoms with Crippen LogP contribution in [0, 0.1) is 11.6 Å². The Balaban J connectivity index is 1.66. The first-order chi connectivity index (χ1) is 17.3. The number of hydrogen-bond acceptors (Lipinski definition) is 4. The van der Waals surface area contributed by atoms with E-state index in [-0.39, 0.29) is 23.6 Å². The van der Waals surface area contributed by atoms with Crippen molar-refractivity contribution in [2.75, 3.05) is 19.0 Å². The normalized spacial score (nSPS) is 10.7. The maximum Gasteiger partial charge on any atom is 0.271 e. The monoisotopic (exact) mass is 554 g/mol. The average molecular weight is 555 g/mol. The van der Waals surface area contributed by atoms with Gasteiger partial charge in [-0.05, 0) is 89.1 Å². The fourth-order valence-electron chi connectivity index (χ4n) is 3.66. The maximum atomic E-state index is 15.0. The number of halogens is 3. The van der Waals surface area contributed by atoms with Crippen molar-refractivity contribution < 1.29 is 23.0 Å². The van der Waals surface area contributed by atoms with E-state index in [2.05, 4.69) is 21.2 Å². The molecule has 1 N–H and O–H groups in total. The van der Waals surface area contributed by atoms with Crippen LogP contribution in [0.1, 0.15) is 17.3 Å². The number of nitrogens with zero attached hydrogens (tertiary/aromatic N) is 1. The summed E-state index contributed by atoms with van der Waals surface area (Å²) in [5, 5.41) is 2.57. The minimum absolute atomic E-state index is 0.0820. The Bertz CT molecular complexity index is 1490. The van der Waals surface area contributed by atoms with Gasteiger partial charge in [-0.1, -0.05) is 6.07 Å². The van der Waals surface area contributed by atoms with Gasteiger partial charge in [-0.25, -0.2) is 8.78 Å². The molecular weight excluding hydrogens is 534 g/mol. The number of nitrogens with one attached hydrogen (secondary N) is 1. The van der Waals surface area contributed by atoms with E-state index in [4.69, 9.17) is 9.47 Å². The molecule has 1 aromatic heterocycles. The third-order valence-corrected chi connectivity index (χ3v) is 6.00. The predicted molar refractivity (Wildman–Crippen MR) is 137 cm³/mol. The molecule has 4 rings (SSSR count).